The van der Waals surface area contributed by atoms with E-state index < -0.39 is 0 Å². The minimum atomic E-state index is -0.0771. The number of carbonyl (C=O) groups excluding carboxylic acids is 1. The summed E-state index contributed by atoms with van der Waals surface area (Å²) in [4.78, 5) is 15.9. The maximum atomic E-state index is 12.1. The monoisotopic (exact) mass is 257 g/mol. The van der Waals surface area contributed by atoms with Gasteiger partial charge in [-0.3, -0.25) is 9.36 Å². The number of aromatic nitrogens is 2. The van der Waals surface area contributed by atoms with Crippen molar-refractivity contribution in [3.8, 4) is 0 Å². The fourth-order valence-corrected chi connectivity index (χ4v) is 2.15. The number of morpholine rings is 1. The Hall–Kier alpha value is -1.98. The number of nitrogens with zero attached hydrogens (tertiary/aromatic N) is 2. The Morgan fingerprint density at radius 3 is 2.84 bits per heavy atom. The summed E-state index contributed by atoms with van der Waals surface area (Å²) in [5, 5.41) is 3.29. The molecule has 5 nitrogen and oxygen atoms in total. The second-order valence-corrected chi connectivity index (χ2v) is 4.46. The van der Waals surface area contributed by atoms with E-state index in [9.17, 15) is 4.79 Å². The maximum absolute atomic E-state index is 12.1. The predicted molar refractivity (Wildman–Crippen MR) is 70.0 cm³/mol. The van der Waals surface area contributed by atoms with Crippen LogP contribution in [0.5, 0.6) is 0 Å². The van der Waals surface area contributed by atoms with Gasteiger partial charge in [-0.15, -0.1) is 0 Å². The van der Waals surface area contributed by atoms with Crippen LogP contribution in [0.4, 0.5) is 0 Å². The van der Waals surface area contributed by atoms with Gasteiger partial charge in [0.05, 0.1) is 12.7 Å². The molecule has 1 saturated heterocycles. The molecule has 0 bridgehead atoms. The first kappa shape index (κ1) is 12.1. The SMILES string of the molecule is O=C(c1ccc(C2CNCCO2)cc1)n1ccnc1. The van der Waals surface area contributed by atoms with E-state index in [4.69, 9.17) is 4.74 Å². The van der Waals surface area contributed by atoms with Crippen LogP contribution < -0.4 is 5.32 Å². The van der Waals surface area contributed by atoms with Crippen molar-refractivity contribution in [1.82, 2.24) is 14.9 Å². The van der Waals surface area contributed by atoms with Crippen LogP contribution in [0.1, 0.15) is 22.0 Å². The van der Waals surface area contributed by atoms with Gasteiger partial charge in [0.15, 0.2) is 0 Å². The summed E-state index contributed by atoms with van der Waals surface area (Å²) in [6.07, 6.45) is 4.81. The second kappa shape index (κ2) is 5.34. The maximum Gasteiger partial charge on any atom is 0.263 e. The van der Waals surface area contributed by atoms with Gasteiger partial charge in [0.25, 0.3) is 5.91 Å². The van der Waals surface area contributed by atoms with Crippen molar-refractivity contribution in [2.45, 2.75) is 6.10 Å². The summed E-state index contributed by atoms with van der Waals surface area (Å²) in [6.45, 7) is 2.43. The summed E-state index contributed by atoms with van der Waals surface area (Å²) >= 11 is 0. The number of imidazole rings is 1. The van der Waals surface area contributed by atoms with Gasteiger partial charge in [-0.1, -0.05) is 12.1 Å². The first-order valence-electron chi connectivity index (χ1n) is 6.29. The highest BCUT2D eigenvalue weighted by molar-refractivity contribution is 5.95. The molecular formula is C14H15N3O2. The number of hydrogen-bond acceptors (Lipinski definition) is 4. The third-order valence-corrected chi connectivity index (χ3v) is 3.20. The van der Waals surface area contributed by atoms with E-state index in [0.717, 1.165) is 25.3 Å². The van der Waals surface area contributed by atoms with Crippen molar-refractivity contribution in [2.75, 3.05) is 19.7 Å². The second-order valence-electron chi connectivity index (χ2n) is 4.46. The van der Waals surface area contributed by atoms with E-state index in [2.05, 4.69) is 10.3 Å². The lowest BCUT2D eigenvalue weighted by Gasteiger charge is -2.24. The fourth-order valence-electron chi connectivity index (χ4n) is 2.15. The zero-order valence-electron chi connectivity index (χ0n) is 10.5. The van der Waals surface area contributed by atoms with Gasteiger partial charge in [-0.2, -0.15) is 0 Å². The lowest BCUT2D eigenvalue weighted by Crippen LogP contribution is -2.33. The standard InChI is InChI=1S/C14H15N3O2/c18-14(17-7-5-16-10-17)12-3-1-11(2-4-12)13-9-15-6-8-19-13/h1-5,7,10,13,15H,6,8-9H2. The molecule has 5 heteroatoms. The normalized spacial score (nSPS) is 19.3. The number of nitrogens with one attached hydrogen (secondary N) is 1. The van der Waals surface area contributed by atoms with Crippen molar-refractivity contribution in [1.29, 1.82) is 0 Å². The molecule has 1 N–H and O–H groups in total. The van der Waals surface area contributed by atoms with Crippen LogP contribution >= 0.6 is 0 Å². The number of carbonyl (C=O) groups is 1. The Balaban J connectivity index is 1.77. The van der Waals surface area contributed by atoms with E-state index in [1.54, 1.807) is 12.4 Å². The number of hydrogen-bond donors (Lipinski definition) is 1. The van der Waals surface area contributed by atoms with Crippen LogP contribution in [0.25, 0.3) is 0 Å². The highest BCUT2D eigenvalue weighted by atomic mass is 16.5. The molecule has 0 amide bonds. The van der Waals surface area contributed by atoms with E-state index >= 15 is 0 Å². The van der Waals surface area contributed by atoms with Gasteiger partial charge in [0.1, 0.15) is 6.33 Å². The topological polar surface area (TPSA) is 56.1 Å². The molecule has 1 aliphatic heterocycles. The third kappa shape index (κ3) is 2.57. The first-order valence-corrected chi connectivity index (χ1v) is 6.29. The van der Waals surface area contributed by atoms with Crippen molar-refractivity contribution >= 4 is 5.91 Å². The van der Waals surface area contributed by atoms with Gasteiger partial charge in [0, 0.05) is 31.0 Å². The van der Waals surface area contributed by atoms with Gasteiger partial charge < -0.3 is 10.1 Å². The average Bonchev–Trinajstić information content (AvgIpc) is 3.02. The number of benzene rings is 1. The van der Waals surface area contributed by atoms with Crippen LogP contribution in [0.2, 0.25) is 0 Å². The molecule has 1 unspecified atom stereocenters. The molecule has 0 saturated carbocycles. The lowest BCUT2D eigenvalue weighted by molar-refractivity contribution is 0.0277. The molecule has 0 aliphatic carbocycles. The first-order chi connectivity index (χ1) is 9.34. The van der Waals surface area contributed by atoms with Gasteiger partial charge in [0.2, 0.25) is 0 Å². The molecule has 19 heavy (non-hydrogen) atoms. The Morgan fingerprint density at radius 2 is 2.21 bits per heavy atom. The van der Waals surface area contributed by atoms with Gasteiger partial charge in [-0.05, 0) is 17.7 Å². The highest BCUT2D eigenvalue weighted by Gasteiger charge is 2.16. The number of ether oxygens (including phenoxy) is 1. The highest BCUT2D eigenvalue weighted by Crippen LogP contribution is 2.19. The third-order valence-electron chi connectivity index (χ3n) is 3.20. The molecule has 1 aromatic heterocycles. The van der Waals surface area contributed by atoms with Gasteiger partial charge >= 0.3 is 0 Å². The summed E-state index contributed by atoms with van der Waals surface area (Å²) in [6, 6.07) is 7.55. The molecule has 1 atom stereocenters. The fraction of sp³-hybridized carbons (Fsp3) is 0.286. The van der Waals surface area contributed by atoms with Crippen molar-refractivity contribution < 1.29 is 9.53 Å². The average molecular weight is 257 g/mol. The van der Waals surface area contributed by atoms with Crippen LogP contribution in [0, 0.1) is 0 Å². The zero-order chi connectivity index (χ0) is 13.1. The van der Waals surface area contributed by atoms with Crippen LogP contribution in [0.15, 0.2) is 43.0 Å². The Morgan fingerprint density at radius 1 is 1.37 bits per heavy atom. The van der Waals surface area contributed by atoms with Crippen LogP contribution in [-0.4, -0.2) is 35.2 Å². The predicted octanol–water partition coefficient (Wildman–Crippen LogP) is 1.23. The van der Waals surface area contributed by atoms with Crippen molar-refractivity contribution in [2.24, 2.45) is 0 Å². The van der Waals surface area contributed by atoms with E-state index in [1.807, 2.05) is 24.3 Å². The summed E-state index contributed by atoms with van der Waals surface area (Å²) < 4.78 is 7.14. The van der Waals surface area contributed by atoms with E-state index in [0.29, 0.717) is 5.56 Å². The minimum absolute atomic E-state index is 0.0751. The molecule has 1 aromatic carbocycles. The smallest absolute Gasteiger partial charge is 0.263 e. The largest absolute Gasteiger partial charge is 0.371 e. The Kier molecular flexibility index (Phi) is 3.39. The summed E-state index contributed by atoms with van der Waals surface area (Å²) in [5.41, 5.74) is 1.74. The Labute approximate surface area is 111 Å². The van der Waals surface area contributed by atoms with Gasteiger partial charge in [-0.25, -0.2) is 4.98 Å². The van der Waals surface area contributed by atoms with Crippen LogP contribution in [-0.2, 0) is 4.74 Å². The quantitative estimate of drug-likeness (QED) is 0.879. The van der Waals surface area contributed by atoms with E-state index in [-0.39, 0.29) is 12.0 Å². The number of rotatable bonds is 2. The minimum Gasteiger partial charge on any atom is -0.371 e. The summed E-state index contributed by atoms with van der Waals surface area (Å²) in [5.74, 6) is -0.0771. The summed E-state index contributed by atoms with van der Waals surface area (Å²) in [7, 11) is 0. The molecule has 3 rings (SSSR count). The Bertz CT molecular complexity index is 543. The molecule has 0 radical (unpaired) electrons. The van der Waals surface area contributed by atoms with Crippen molar-refractivity contribution in [3.05, 3.63) is 54.1 Å². The molecule has 1 fully saturated rings. The zero-order valence-corrected chi connectivity index (χ0v) is 10.5. The molecule has 2 aromatic rings. The van der Waals surface area contributed by atoms with Crippen molar-refractivity contribution in [3.63, 3.8) is 0 Å². The molecule has 1 aliphatic rings. The molecule has 0 spiro atoms. The molecule has 98 valence electrons. The van der Waals surface area contributed by atoms with Crippen LogP contribution in [0.3, 0.4) is 0 Å². The van der Waals surface area contributed by atoms with E-state index in [1.165, 1.54) is 10.9 Å². The lowest BCUT2D eigenvalue weighted by atomic mass is 10.1. The molecular weight excluding hydrogens is 242 g/mol. The molecule has 2 heterocycles.